The minimum atomic E-state index is -0.627. The number of hydrogen-bond donors (Lipinski definition) is 1. The predicted octanol–water partition coefficient (Wildman–Crippen LogP) is 2.32. The van der Waals surface area contributed by atoms with Crippen molar-refractivity contribution in [2.75, 3.05) is 26.2 Å². The molecule has 0 spiro atoms. The summed E-state index contributed by atoms with van der Waals surface area (Å²) >= 11 is 0. The van der Waals surface area contributed by atoms with E-state index in [-0.39, 0.29) is 30.0 Å². The molecule has 2 aliphatic heterocycles. The van der Waals surface area contributed by atoms with Gasteiger partial charge in [0.1, 0.15) is 24.2 Å². The number of aromatic nitrogens is 2. The van der Waals surface area contributed by atoms with Gasteiger partial charge in [0.05, 0.1) is 17.3 Å². The van der Waals surface area contributed by atoms with E-state index in [1.165, 1.54) is 0 Å². The molecular formula is C25H33N5O3. The van der Waals surface area contributed by atoms with Crippen molar-refractivity contribution >= 4 is 5.91 Å². The zero-order valence-corrected chi connectivity index (χ0v) is 19.9. The maximum Gasteiger partial charge on any atom is 0.272 e. The summed E-state index contributed by atoms with van der Waals surface area (Å²) in [5.74, 6) is 0.666. The number of nitrogens with zero attached hydrogens (tertiary/aromatic N) is 5. The van der Waals surface area contributed by atoms with Gasteiger partial charge in [0.2, 0.25) is 0 Å². The number of aryl methyl sites for hydroxylation is 1. The summed E-state index contributed by atoms with van der Waals surface area (Å²) in [4.78, 5) is 17.6. The van der Waals surface area contributed by atoms with E-state index in [9.17, 15) is 9.90 Å². The highest BCUT2D eigenvalue weighted by Gasteiger charge is 2.42. The first-order valence-corrected chi connectivity index (χ1v) is 11.6. The van der Waals surface area contributed by atoms with Crippen LogP contribution in [0.25, 0.3) is 0 Å². The second-order valence-corrected chi connectivity index (χ2v) is 10.2. The van der Waals surface area contributed by atoms with Gasteiger partial charge in [-0.1, -0.05) is 20.8 Å². The molecule has 1 N–H and O–H groups in total. The fourth-order valence-electron chi connectivity index (χ4n) is 4.76. The predicted molar refractivity (Wildman–Crippen MR) is 124 cm³/mol. The molecule has 8 nitrogen and oxygen atoms in total. The topological polar surface area (TPSA) is 94.6 Å². The number of benzene rings is 1. The molecule has 2 saturated heterocycles. The number of ether oxygens (including phenoxy) is 1. The Kier molecular flexibility index (Phi) is 6.46. The number of hydrogen-bond acceptors (Lipinski definition) is 6. The fourth-order valence-corrected chi connectivity index (χ4v) is 4.76. The van der Waals surface area contributed by atoms with E-state index in [1.54, 1.807) is 28.9 Å². The van der Waals surface area contributed by atoms with Crippen molar-refractivity contribution in [2.24, 2.45) is 7.05 Å². The van der Waals surface area contributed by atoms with Gasteiger partial charge in [0.25, 0.3) is 5.91 Å². The van der Waals surface area contributed by atoms with Crippen LogP contribution in [0.3, 0.4) is 0 Å². The Balaban J connectivity index is 1.34. The Morgan fingerprint density at radius 3 is 2.42 bits per heavy atom. The van der Waals surface area contributed by atoms with E-state index in [4.69, 9.17) is 10.00 Å². The van der Waals surface area contributed by atoms with Gasteiger partial charge < -0.3 is 14.7 Å². The van der Waals surface area contributed by atoms with E-state index in [0.717, 1.165) is 18.5 Å². The van der Waals surface area contributed by atoms with Gasteiger partial charge in [-0.25, -0.2) is 0 Å². The number of amides is 1. The smallest absolute Gasteiger partial charge is 0.272 e. The van der Waals surface area contributed by atoms with Gasteiger partial charge in [-0.15, -0.1) is 0 Å². The molecule has 2 fully saturated rings. The van der Waals surface area contributed by atoms with Crippen molar-refractivity contribution in [1.29, 1.82) is 5.26 Å². The Hall–Kier alpha value is -2.89. The maximum absolute atomic E-state index is 13.3. The monoisotopic (exact) mass is 451 g/mol. The molecule has 176 valence electrons. The first-order chi connectivity index (χ1) is 15.7. The molecule has 1 amide bonds. The highest BCUT2D eigenvalue weighted by Crippen LogP contribution is 2.31. The van der Waals surface area contributed by atoms with Crippen LogP contribution in [-0.2, 0) is 12.5 Å². The minimum absolute atomic E-state index is 0.0294. The van der Waals surface area contributed by atoms with E-state index in [0.29, 0.717) is 36.6 Å². The minimum Gasteiger partial charge on any atom is -0.491 e. The maximum atomic E-state index is 13.3. The van der Waals surface area contributed by atoms with Gasteiger partial charge >= 0.3 is 0 Å². The molecule has 1 aromatic heterocycles. The van der Waals surface area contributed by atoms with E-state index < -0.39 is 6.10 Å². The van der Waals surface area contributed by atoms with Crippen LogP contribution in [0, 0.1) is 11.3 Å². The van der Waals surface area contributed by atoms with Gasteiger partial charge in [-0.05, 0) is 43.2 Å². The average molecular weight is 452 g/mol. The van der Waals surface area contributed by atoms with E-state index in [1.807, 2.05) is 18.0 Å². The van der Waals surface area contributed by atoms with Crippen LogP contribution >= 0.6 is 0 Å². The molecule has 2 aromatic rings. The Bertz CT molecular complexity index is 1020. The Morgan fingerprint density at radius 1 is 1.24 bits per heavy atom. The SMILES string of the molecule is Cn1nc(C(C)(C)C)cc1C(=O)N1CC2CCC(C1)N2CC(O)COc1ccc(C#N)cc1. The summed E-state index contributed by atoms with van der Waals surface area (Å²) in [6.07, 6.45) is 1.42. The van der Waals surface area contributed by atoms with Crippen LogP contribution in [0.1, 0.15) is 55.4 Å². The lowest BCUT2D eigenvalue weighted by atomic mass is 9.92. The fraction of sp³-hybridized carbons (Fsp3) is 0.560. The van der Waals surface area contributed by atoms with Crippen molar-refractivity contribution in [3.05, 3.63) is 47.3 Å². The number of piperazine rings is 1. The molecule has 3 heterocycles. The third-order valence-electron chi connectivity index (χ3n) is 6.64. The lowest BCUT2D eigenvalue weighted by Crippen LogP contribution is -2.57. The lowest BCUT2D eigenvalue weighted by molar-refractivity contribution is 0.0115. The van der Waals surface area contributed by atoms with Crippen molar-refractivity contribution in [3.63, 3.8) is 0 Å². The normalized spacial score (nSPS) is 21.6. The first kappa shape index (κ1) is 23.3. The molecule has 33 heavy (non-hydrogen) atoms. The quantitative estimate of drug-likeness (QED) is 0.724. The summed E-state index contributed by atoms with van der Waals surface area (Å²) < 4.78 is 7.40. The largest absolute Gasteiger partial charge is 0.491 e. The third-order valence-corrected chi connectivity index (χ3v) is 6.64. The number of rotatable bonds is 6. The second-order valence-electron chi connectivity index (χ2n) is 10.2. The molecule has 0 aliphatic carbocycles. The van der Waals surface area contributed by atoms with Crippen LogP contribution < -0.4 is 4.74 Å². The zero-order chi connectivity index (χ0) is 23.8. The molecule has 4 rings (SSSR count). The standard InChI is InChI=1S/C25H33N5O3/c1-25(2,3)23-11-22(28(4)27-23)24(32)29-13-18-7-8-19(14-29)30(18)15-20(31)16-33-21-9-5-17(12-26)6-10-21/h5-6,9-11,18-20,31H,7-8,13-16H2,1-4H3. The first-order valence-electron chi connectivity index (χ1n) is 11.6. The molecule has 3 atom stereocenters. The Labute approximate surface area is 195 Å². The van der Waals surface area contributed by atoms with Crippen molar-refractivity contribution in [1.82, 2.24) is 19.6 Å². The van der Waals surface area contributed by atoms with Gasteiger partial charge in [0.15, 0.2) is 0 Å². The van der Waals surface area contributed by atoms with Gasteiger partial charge in [-0.3, -0.25) is 14.4 Å². The second kappa shape index (κ2) is 9.16. The number of carbonyl (C=O) groups is 1. The summed E-state index contributed by atoms with van der Waals surface area (Å²) in [6, 6.07) is 11.4. The molecule has 2 bridgehead atoms. The van der Waals surface area contributed by atoms with Crippen LogP contribution in [0.4, 0.5) is 0 Å². The number of aliphatic hydroxyl groups excluding tert-OH is 1. The number of likely N-dealkylation sites (tertiary alicyclic amines) is 1. The molecule has 3 unspecified atom stereocenters. The summed E-state index contributed by atoms with van der Waals surface area (Å²) in [5.41, 5.74) is 2.01. The van der Waals surface area contributed by atoms with E-state index >= 15 is 0 Å². The summed E-state index contributed by atoms with van der Waals surface area (Å²) in [6.45, 7) is 8.32. The molecule has 8 heteroatoms. The molecule has 1 aromatic carbocycles. The summed E-state index contributed by atoms with van der Waals surface area (Å²) in [5, 5.41) is 24.0. The number of fused-ring (bicyclic) bond motifs is 2. The van der Waals surface area contributed by atoms with Crippen molar-refractivity contribution < 1.29 is 14.6 Å². The highest BCUT2D eigenvalue weighted by atomic mass is 16.5. The van der Waals surface area contributed by atoms with Crippen LogP contribution in [0.5, 0.6) is 5.75 Å². The van der Waals surface area contributed by atoms with Gasteiger partial charge in [0, 0.05) is 44.2 Å². The number of aliphatic hydroxyl groups is 1. The number of nitriles is 1. The lowest BCUT2D eigenvalue weighted by Gasteiger charge is -2.41. The zero-order valence-electron chi connectivity index (χ0n) is 19.9. The number of carbonyl (C=O) groups excluding carboxylic acids is 1. The molecule has 2 aliphatic rings. The summed E-state index contributed by atoms with van der Waals surface area (Å²) in [7, 11) is 1.83. The van der Waals surface area contributed by atoms with E-state index in [2.05, 4.69) is 36.8 Å². The average Bonchev–Trinajstić information content (AvgIpc) is 3.27. The van der Waals surface area contributed by atoms with Crippen LogP contribution in [0.15, 0.2) is 30.3 Å². The molecule has 0 radical (unpaired) electrons. The Morgan fingerprint density at radius 2 is 1.88 bits per heavy atom. The highest BCUT2D eigenvalue weighted by molar-refractivity contribution is 5.93. The third kappa shape index (κ3) is 5.05. The van der Waals surface area contributed by atoms with Crippen molar-refractivity contribution in [2.45, 2.75) is 57.2 Å². The van der Waals surface area contributed by atoms with Crippen LogP contribution in [-0.4, -0.2) is 75.0 Å². The van der Waals surface area contributed by atoms with Gasteiger partial charge in [-0.2, -0.15) is 10.4 Å². The van der Waals surface area contributed by atoms with Crippen molar-refractivity contribution in [3.8, 4) is 11.8 Å². The molecule has 0 saturated carbocycles. The molecular weight excluding hydrogens is 418 g/mol. The van der Waals surface area contributed by atoms with Crippen LogP contribution in [0.2, 0.25) is 0 Å².